The predicted molar refractivity (Wildman–Crippen MR) is 163 cm³/mol. The fourth-order valence-corrected chi connectivity index (χ4v) is 6.75. The third-order valence-electron chi connectivity index (χ3n) is 8.00. The molecule has 0 fully saturated rings. The lowest BCUT2D eigenvalue weighted by Crippen LogP contribution is -2.09. The van der Waals surface area contributed by atoms with Gasteiger partial charge in [-0.25, -0.2) is 9.97 Å². The molecule has 3 heteroatoms. The fraction of sp³-hybridized carbons (Fsp3) is 0.314. The van der Waals surface area contributed by atoms with Gasteiger partial charge in [-0.3, -0.25) is 0 Å². The van der Waals surface area contributed by atoms with Crippen LogP contribution in [-0.4, -0.2) is 14.4 Å². The van der Waals surface area contributed by atoms with Crippen molar-refractivity contribution >= 4 is 59.9 Å². The first-order valence-electron chi connectivity index (χ1n) is 13.8. The third kappa shape index (κ3) is 3.41. The second kappa shape index (κ2) is 7.66. The summed E-state index contributed by atoms with van der Waals surface area (Å²) >= 11 is 0. The second-order valence-electron chi connectivity index (χ2n) is 13.7. The van der Waals surface area contributed by atoms with Crippen molar-refractivity contribution in [3.05, 3.63) is 77.6 Å². The fourth-order valence-electron chi connectivity index (χ4n) is 6.75. The van der Waals surface area contributed by atoms with E-state index in [0.717, 1.165) is 23.9 Å². The summed E-state index contributed by atoms with van der Waals surface area (Å²) in [6.45, 7) is 16.2. The van der Waals surface area contributed by atoms with E-state index in [4.69, 9.17) is 9.97 Å². The number of hydrogen-bond acceptors (Lipinski definition) is 2. The van der Waals surface area contributed by atoms with Gasteiger partial charge in [-0.2, -0.15) is 0 Å². The molecule has 0 aliphatic heterocycles. The van der Waals surface area contributed by atoms with Crippen LogP contribution in [0.4, 0.5) is 0 Å². The molecule has 0 radical (unpaired) electrons. The molecule has 0 unspecified atom stereocenters. The van der Waals surface area contributed by atoms with Crippen LogP contribution in [0.25, 0.3) is 59.9 Å². The molecule has 3 nitrogen and oxygen atoms in total. The predicted octanol–water partition coefficient (Wildman–Crippen LogP) is 9.42. The molecule has 38 heavy (non-hydrogen) atoms. The highest BCUT2D eigenvalue weighted by atomic mass is 14.9. The molecule has 7 rings (SSSR count). The summed E-state index contributed by atoms with van der Waals surface area (Å²) in [5.41, 5.74) is 10.4. The molecule has 0 saturated heterocycles. The van der Waals surface area contributed by atoms with Crippen molar-refractivity contribution in [2.45, 2.75) is 61.3 Å². The van der Waals surface area contributed by atoms with Crippen LogP contribution in [0.3, 0.4) is 0 Å². The van der Waals surface area contributed by atoms with Gasteiger partial charge in [0.1, 0.15) is 6.33 Å². The van der Waals surface area contributed by atoms with Gasteiger partial charge in [0.05, 0.1) is 33.0 Å². The first kappa shape index (κ1) is 23.4. The van der Waals surface area contributed by atoms with E-state index in [1.807, 2.05) is 0 Å². The first-order chi connectivity index (χ1) is 18.0. The van der Waals surface area contributed by atoms with E-state index in [1.165, 1.54) is 65.6 Å². The average Bonchev–Trinajstić information content (AvgIpc) is 3.17. The Bertz CT molecular complexity index is 2040. The molecule has 0 aliphatic rings. The van der Waals surface area contributed by atoms with Crippen molar-refractivity contribution in [3.8, 4) is 0 Å². The van der Waals surface area contributed by atoms with Crippen LogP contribution in [-0.2, 0) is 12.8 Å². The van der Waals surface area contributed by atoms with Gasteiger partial charge in [-0.05, 0) is 82.3 Å². The lowest BCUT2D eigenvalue weighted by atomic mass is 9.86. The smallest absolute Gasteiger partial charge is 0.116 e. The minimum absolute atomic E-state index is 0.197. The molecule has 0 N–H and O–H groups in total. The third-order valence-corrected chi connectivity index (χ3v) is 8.00. The second-order valence-corrected chi connectivity index (χ2v) is 13.7. The van der Waals surface area contributed by atoms with Gasteiger partial charge < -0.3 is 4.40 Å². The Morgan fingerprint density at radius 1 is 0.711 bits per heavy atom. The van der Waals surface area contributed by atoms with Crippen LogP contribution in [0.15, 0.2) is 60.9 Å². The lowest BCUT2D eigenvalue weighted by Gasteiger charge is -2.19. The number of benzene rings is 4. The normalized spacial score (nSPS) is 13.3. The Labute approximate surface area is 223 Å². The van der Waals surface area contributed by atoms with Gasteiger partial charge in [0.25, 0.3) is 0 Å². The Morgan fingerprint density at radius 3 is 2.24 bits per heavy atom. The van der Waals surface area contributed by atoms with Crippen molar-refractivity contribution in [1.29, 1.82) is 0 Å². The van der Waals surface area contributed by atoms with Crippen molar-refractivity contribution in [2.24, 2.45) is 10.8 Å². The molecule has 7 aromatic rings. The van der Waals surface area contributed by atoms with Crippen molar-refractivity contribution in [2.75, 3.05) is 0 Å². The molecule has 0 aliphatic carbocycles. The maximum absolute atomic E-state index is 4.92. The Kier molecular flexibility index (Phi) is 4.72. The SMILES string of the molecule is Cc1c2ccc(CC(C)(C)C)cc2cc2c3ncnc4ccc5c6c(CC(C)(C)C)cccc6n(c12)c5c43. The molecule has 3 aromatic heterocycles. The summed E-state index contributed by atoms with van der Waals surface area (Å²) < 4.78 is 2.52. The number of fused-ring (bicyclic) bond motifs is 7. The Morgan fingerprint density at radius 2 is 1.47 bits per heavy atom. The van der Waals surface area contributed by atoms with E-state index in [2.05, 4.69) is 107 Å². The Balaban J connectivity index is 1.70. The van der Waals surface area contributed by atoms with E-state index >= 15 is 0 Å². The van der Waals surface area contributed by atoms with Crippen molar-refractivity contribution in [3.63, 3.8) is 0 Å². The van der Waals surface area contributed by atoms with Crippen LogP contribution in [0.2, 0.25) is 0 Å². The maximum atomic E-state index is 4.92. The van der Waals surface area contributed by atoms with Gasteiger partial charge in [-0.15, -0.1) is 0 Å². The molecule has 0 bridgehead atoms. The topological polar surface area (TPSA) is 30.2 Å². The van der Waals surface area contributed by atoms with E-state index in [-0.39, 0.29) is 10.8 Å². The van der Waals surface area contributed by atoms with E-state index < -0.39 is 0 Å². The maximum Gasteiger partial charge on any atom is 0.116 e. The molecular formula is C35H35N3. The van der Waals surface area contributed by atoms with Gasteiger partial charge in [-0.1, -0.05) is 71.9 Å². The van der Waals surface area contributed by atoms with Crippen LogP contribution in [0.5, 0.6) is 0 Å². The monoisotopic (exact) mass is 497 g/mol. The highest BCUT2D eigenvalue weighted by Gasteiger charge is 2.24. The molecular weight excluding hydrogens is 462 g/mol. The number of aryl methyl sites for hydroxylation is 1. The molecule has 0 atom stereocenters. The summed E-state index contributed by atoms with van der Waals surface area (Å²) in [6.07, 6.45) is 3.81. The summed E-state index contributed by atoms with van der Waals surface area (Å²) in [6, 6.07) is 20.7. The van der Waals surface area contributed by atoms with Crippen molar-refractivity contribution < 1.29 is 0 Å². The van der Waals surface area contributed by atoms with Gasteiger partial charge in [0.15, 0.2) is 0 Å². The molecule has 4 aromatic carbocycles. The molecule has 3 heterocycles. The minimum atomic E-state index is 0.197. The minimum Gasteiger partial charge on any atom is -0.307 e. The quantitative estimate of drug-likeness (QED) is 0.176. The van der Waals surface area contributed by atoms with Crippen LogP contribution >= 0.6 is 0 Å². The van der Waals surface area contributed by atoms with Gasteiger partial charge in [0.2, 0.25) is 0 Å². The molecule has 0 spiro atoms. The summed E-state index contributed by atoms with van der Waals surface area (Å²) in [5, 5.41) is 7.63. The van der Waals surface area contributed by atoms with Gasteiger partial charge >= 0.3 is 0 Å². The largest absolute Gasteiger partial charge is 0.307 e. The zero-order chi connectivity index (χ0) is 26.6. The summed E-state index contributed by atoms with van der Waals surface area (Å²) in [5.74, 6) is 0. The standard InChI is InChI=1S/C35H35N3/c1-20-24-12-11-21(17-34(2,3)4)15-23(24)16-26-31-30-27(36-19-37-31)14-13-25-29-22(18-35(5,6)7)9-8-10-28(29)38(32(20)26)33(25)30/h8-16,19H,17-18H2,1-7H3. The molecule has 0 amide bonds. The van der Waals surface area contributed by atoms with Crippen LogP contribution in [0, 0.1) is 17.8 Å². The summed E-state index contributed by atoms with van der Waals surface area (Å²) in [7, 11) is 0. The van der Waals surface area contributed by atoms with Crippen LogP contribution < -0.4 is 0 Å². The number of nitrogens with zero attached hydrogens (tertiary/aromatic N) is 3. The molecule has 0 saturated carbocycles. The van der Waals surface area contributed by atoms with E-state index in [9.17, 15) is 0 Å². The highest BCUT2D eigenvalue weighted by Crippen LogP contribution is 2.44. The van der Waals surface area contributed by atoms with Crippen molar-refractivity contribution in [1.82, 2.24) is 14.4 Å². The zero-order valence-corrected chi connectivity index (χ0v) is 23.5. The highest BCUT2D eigenvalue weighted by molar-refractivity contribution is 6.28. The number of aromatic nitrogens is 3. The van der Waals surface area contributed by atoms with E-state index in [1.54, 1.807) is 6.33 Å². The van der Waals surface area contributed by atoms with Gasteiger partial charge in [0, 0.05) is 16.2 Å². The number of pyridine rings is 1. The average molecular weight is 498 g/mol. The number of rotatable bonds is 2. The van der Waals surface area contributed by atoms with E-state index in [0.29, 0.717) is 0 Å². The first-order valence-corrected chi connectivity index (χ1v) is 13.8. The lowest BCUT2D eigenvalue weighted by molar-refractivity contribution is 0.411. The Hall–Kier alpha value is -3.72. The molecule has 190 valence electrons. The zero-order valence-electron chi connectivity index (χ0n) is 23.5. The summed E-state index contributed by atoms with van der Waals surface area (Å²) in [4.78, 5) is 9.63. The number of hydrogen-bond donors (Lipinski definition) is 0. The van der Waals surface area contributed by atoms with Crippen LogP contribution in [0.1, 0.15) is 58.2 Å².